The number of rotatable bonds is 9. The van der Waals surface area contributed by atoms with Gasteiger partial charge in [0.2, 0.25) is 0 Å². The largest absolute Gasteiger partial charge is 0.465 e. The lowest BCUT2D eigenvalue weighted by Gasteiger charge is -2.07. The molecule has 0 spiro atoms. The number of benzene rings is 1. The van der Waals surface area contributed by atoms with E-state index in [2.05, 4.69) is 10.1 Å². The van der Waals surface area contributed by atoms with Crippen molar-refractivity contribution in [1.82, 2.24) is 5.32 Å². The van der Waals surface area contributed by atoms with Gasteiger partial charge >= 0.3 is 5.97 Å². The number of carbonyl (C=O) groups excluding carboxylic acids is 1. The van der Waals surface area contributed by atoms with Gasteiger partial charge in [-0.25, -0.2) is 9.18 Å². The van der Waals surface area contributed by atoms with Crippen LogP contribution in [0.25, 0.3) is 0 Å². The first-order valence-corrected chi connectivity index (χ1v) is 6.75. The molecule has 1 aromatic rings. The van der Waals surface area contributed by atoms with Gasteiger partial charge in [-0.3, -0.25) is 0 Å². The molecule has 0 bridgehead atoms. The minimum Gasteiger partial charge on any atom is -0.465 e. The quantitative estimate of drug-likeness (QED) is 0.559. The first-order valence-electron chi connectivity index (χ1n) is 6.75. The van der Waals surface area contributed by atoms with Crippen molar-refractivity contribution in [3.05, 3.63) is 35.1 Å². The summed E-state index contributed by atoms with van der Waals surface area (Å²) in [5, 5.41) is 3.24. The Bertz CT molecular complexity index is 424. The van der Waals surface area contributed by atoms with Crippen LogP contribution in [-0.4, -0.2) is 33.3 Å². The van der Waals surface area contributed by atoms with E-state index in [-0.39, 0.29) is 5.56 Å². The van der Waals surface area contributed by atoms with Crippen molar-refractivity contribution in [2.24, 2.45) is 0 Å². The minimum atomic E-state index is -0.653. The molecule has 0 aromatic heterocycles. The van der Waals surface area contributed by atoms with Gasteiger partial charge < -0.3 is 14.8 Å². The summed E-state index contributed by atoms with van der Waals surface area (Å²) < 4.78 is 23.1. The van der Waals surface area contributed by atoms with Crippen molar-refractivity contribution in [3.8, 4) is 0 Å². The number of halogens is 1. The van der Waals surface area contributed by atoms with E-state index in [4.69, 9.17) is 4.74 Å². The van der Waals surface area contributed by atoms with Gasteiger partial charge in [0.15, 0.2) is 0 Å². The van der Waals surface area contributed by atoms with E-state index in [9.17, 15) is 9.18 Å². The molecule has 0 fully saturated rings. The predicted octanol–water partition coefficient (Wildman–Crippen LogP) is 2.52. The van der Waals surface area contributed by atoms with Gasteiger partial charge in [-0.15, -0.1) is 0 Å². The number of unbranched alkanes of at least 4 members (excludes halogenated alkanes) is 2. The molecule has 0 saturated heterocycles. The molecule has 112 valence electrons. The fourth-order valence-corrected chi connectivity index (χ4v) is 1.85. The highest BCUT2D eigenvalue weighted by Gasteiger charge is 2.11. The maximum atomic E-state index is 13.7. The molecule has 0 atom stereocenters. The molecule has 0 aliphatic rings. The van der Waals surface area contributed by atoms with E-state index >= 15 is 0 Å². The van der Waals surface area contributed by atoms with Crippen molar-refractivity contribution in [2.45, 2.75) is 25.8 Å². The Balaban J connectivity index is 2.31. The SMILES string of the molecule is COCCCCCNCc1ccc(C(=O)OC)c(F)c1. The Morgan fingerprint density at radius 1 is 1.25 bits per heavy atom. The van der Waals surface area contributed by atoms with Gasteiger partial charge in [0.1, 0.15) is 5.82 Å². The summed E-state index contributed by atoms with van der Waals surface area (Å²) in [4.78, 5) is 11.2. The smallest absolute Gasteiger partial charge is 0.340 e. The topological polar surface area (TPSA) is 47.6 Å². The lowest BCUT2D eigenvalue weighted by atomic mass is 10.1. The Morgan fingerprint density at radius 2 is 2.05 bits per heavy atom. The monoisotopic (exact) mass is 283 g/mol. The highest BCUT2D eigenvalue weighted by atomic mass is 19.1. The zero-order chi connectivity index (χ0) is 14.8. The van der Waals surface area contributed by atoms with Crippen LogP contribution < -0.4 is 5.32 Å². The second-order valence-corrected chi connectivity index (χ2v) is 4.54. The Hall–Kier alpha value is -1.46. The molecule has 0 unspecified atom stereocenters. The summed E-state index contributed by atoms with van der Waals surface area (Å²) >= 11 is 0. The van der Waals surface area contributed by atoms with Gasteiger partial charge in [-0.2, -0.15) is 0 Å². The number of methoxy groups -OCH3 is 2. The van der Waals surface area contributed by atoms with Crippen LogP contribution in [0.1, 0.15) is 35.2 Å². The van der Waals surface area contributed by atoms with Crippen LogP contribution in [0, 0.1) is 5.82 Å². The average molecular weight is 283 g/mol. The number of carbonyl (C=O) groups is 1. The number of hydrogen-bond donors (Lipinski definition) is 1. The van der Waals surface area contributed by atoms with E-state index in [1.165, 1.54) is 19.2 Å². The van der Waals surface area contributed by atoms with E-state index in [1.54, 1.807) is 13.2 Å². The third-order valence-electron chi connectivity index (χ3n) is 2.97. The zero-order valence-electron chi connectivity index (χ0n) is 12.1. The van der Waals surface area contributed by atoms with Gasteiger partial charge in [-0.05, 0) is 43.5 Å². The molecule has 0 aliphatic carbocycles. The lowest BCUT2D eigenvalue weighted by Crippen LogP contribution is -2.15. The van der Waals surface area contributed by atoms with Crippen LogP contribution in [0.3, 0.4) is 0 Å². The maximum Gasteiger partial charge on any atom is 0.340 e. The highest BCUT2D eigenvalue weighted by Crippen LogP contribution is 2.11. The average Bonchev–Trinajstić information content (AvgIpc) is 2.45. The van der Waals surface area contributed by atoms with Crippen LogP contribution in [-0.2, 0) is 16.0 Å². The van der Waals surface area contributed by atoms with Crippen LogP contribution in [0.15, 0.2) is 18.2 Å². The van der Waals surface area contributed by atoms with Gasteiger partial charge in [0.25, 0.3) is 0 Å². The Kier molecular flexibility index (Phi) is 7.84. The van der Waals surface area contributed by atoms with Crippen molar-refractivity contribution < 1.29 is 18.7 Å². The number of nitrogens with one attached hydrogen (secondary N) is 1. The first kappa shape index (κ1) is 16.6. The Labute approximate surface area is 119 Å². The summed E-state index contributed by atoms with van der Waals surface area (Å²) in [5.74, 6) is -1.20. The predicted molar refractivity (Wildman–Crippen MR) is 75.2 cm³/mol. The molecule has 1 rings (SSSR count). The van der Waals surface area contributed by atoms with Gasteiger partial charge in [-0.1, -0.05) is 6.07 Å². The normalized spacial score (nSPS) is 10.6. The standard InChI is InChI=1S/C15H22FNO3/c1-19-9-5-3-4-8-17-11-12-6-7-13(14(16)10-12)15(18)20-2/h6-7,10,17H,3-5,8-9,11H2,1-2H3. The maximum absolute atomic E-state index is 13.7. The molecule has 1 aromatic carbocycles. The lowest BCUT2D eigenvalue weighted by molar-refractivity contribution is 0.0595. The van der Waals surface area contributed by atoms with Gasteiger partial charge in [0, 0.05) is 20.3 Å². The summed E-state index contributed by atoms with van der Waals surface area (Å²) in [6.45, 7) is 2.26. The summed E-state index contributed by atoms with van der Waals surface area (Å²) in [7, 11) is 2.94. The Morgan fingerprint density at radius 3 is 2.70 bits per heavy atom. The van der Waals surface area contributed by atoms with E-state index < -0.39 is 11.8 Å². The summed E-state index contributed by atoms with van der Waals surface area (Å²) in [6, 6.07) is 4.55. The van der Waals surface area contributed by atoms with Crippen molar-refractivity contribution >= 4 is 5.97 Å². The molecule has 20 heavy (non-hydrogen) atoms. The molecule has 1 N–H and O–H groups in total. The van der Waals surface area contributed by atoms with Crippen LogP contribution in [0.2, 0.25) is 0 Å². The molecule has 4 nitrogen and oxygen atoms in total. The first-order chi connectivity index (χ1) is 9.69. The highest BCUT2D eigenvalue weighted by molar-refractivity contribution is 5.89. The van der Waals surface area contributed by atoms with Crippen molar-refractivity contribution in [3.63, 3.8) is 0 Å². The minimum absolute atomic E-state index is 0.0317. The summed E-state index contributed by atoms with van der Waals surface area (Å²) in [5.41, 5.74) is 0.780. The second-order valence-electron chi connectivity index (χ2n) is 4.54. The van der Waals surface area contributed by atoms with E-state index in [1.807, 2.05) is 0 Å². The third kappa shape index (κ3) is 5.67. The molecule has 0 saturated carbocycles. The fourth-order valence-electron chi connectivity index (χ4n) is 1.85. The number of ether oxygens (including phenoxy) is 2. The fraction of sp³-hybridized carbons (Fsp3) is 0.533. The van der Waals surface area contributed by atoms with E-state index in [0.29, 0.717) is 6.54 Å². The number of esters is 1. The molecular weight excluding hydrogens is 261 g/mol. The summed E-state index contributed by atoms with van der Waals surface area (Å²) in [6.07, 6.45) is 3.23. The molecule has 5 heteroatoms. The van der Waals surface area contributed by atoms with Gasteiger partial charge in [0.05, 0.1) is 12.7 Å². The van der Waals surface area contributed by atoms with Crippen LogP contribution in [0.5, 0.6) is 0 Å². The molecular formula is C15H22FNO3. The third-order valence-corrected chi connectivity index (χ3v) is 2.97. The second kappa shape index (κ2) is 9.44. The van der Waals surface area contributed by atoms with Crippen LogP contribution >= 0.6 is 0 Å². The molecule has 0 amide bonds. The number of hydrogen-bond acceptors (Lipinski definition) is 4. The zero-order valence-corrected chi connectivity index (χ0v) is 12.1. The molecule has 0 radical (unpaired) electrons. The molecule has 0 heterocycles. The van der Waals surface area contributed by atoms with Crippen molar-refractivity contribution in [1.29, 1.82) is 0 Å². The van der Waals surface area contributed by atoms with Crippen molar-refractivity contribution in [2.75, 3.05) is 27.4 Å². The molecule has 0 aliphatic heterocycles. The van der Waals surface area contributed by atoms with Crippen LogP contribution in [0.4, 0.5) is 4.39 Å². The van der Waals surface area contributed by atoms with E-state index in [0.717, 1.165) is 38.0 Å².